The lowest BCUT2D eigenvalue weighted by atomic mass is 10.0. The molecule has 0 saturated carbocycles. The number of hydrogen-bond acceptors (Lipinski definition) is 8. The van der Waals surface area contributed by atoms with Crippen LogP contribution in [0, 0.1) is 11.6 Å². The summed E-state index contributed by atoms with van der Waals surface area (Å²) >= 11 is 0. The Balaban J connectivity index is 1.41. The van der Waals surface area contributed by atoms with Crippen molar-refractivity contribution in [3.63, 3.8) is 0 Å². The number of rotatable bonds is 4. The van der Waals surface area contributed by atoms with Crippen LogP contribution in [-0.2, 0) is 4.79 Å². The molecule has 0 aliphatic carbocycles. The van der Waals surface area contributed by atoms with Crippen molar-refractivity contribution in [2.45, 2.75) is 38.2 Å². The highest BCUT2D eigenvalue weighted by Gasteiger charge is 2.36. The highest BCUT2D eigenvalue weighted by atomic mass is 19.3. The molecule has 1 aromatic carbocycles. The predicted molar refractivity (Wildman–Crippen MR) is 129 cm³/mol. The van der Waals surface area contributed by atoms with Crippen molar-refractivity contribution in [2.75, 3.05) is 34.4 Å². The number of alkyl halides is 2. The molecule has 0 bridgehead atoms. The van der Waals surface area contributed by atoms with Crippen molar-refractivity contribution >= 4 is 35.0 Å². The quantitative estimate of drug-likeness (QED) is 0.434. The van der Waals surface area contributed by atoms with Crippen LogP contribution in [0.4, 0.5) is 46.7 Å². The molecule has 1 saturated heterocycles. The molecular weight excluding hydrogens is 494 g/mol. The van der Waals surface area contributed by atoms with E-state index in [0.717, 1.165) is 6.07 Å². The maximum Gasteiger partial charge on any atom is 0.269 e. The van der Waals surface area contributed by atoms with Crippen LogP contribution in [-0.4, -0.2) is 45.5 Å². The van der Waals surface area contributed by atoms with Crippen molar-refractivity contribution < 1.29 is 27.1 Å². The van der Waals surface area contributed by atoms with E-state index in [2.05, 4.69) is 25.6 Å². The topological polar surface area (TPSA) is 118 Å². The van der Waals surface area contributed by atoms with Gasteiger partial charge in [0.25, 0.3) is 11.8 Å². The standard InChI is InChI=1S/C24H23F4N7O2/c1-23(2)21(36)33-19-15(37-23)5-6-16(30-19)31-20-17(26)18(32-22(29)34-20)12-3-4-14(13(25)11-12)35-9-7-24(27,28)8-10-35/h3-6,11H,7-10H2,1-2H3,(H4,29,30,31,32,33,34,36). The highest BCUT2D eigenvalue weighted by Crippen LogP contribution is 2.36. The Morgan fingerprint density at radius 2 is 1.81 bits per heavy atom. The number of hydrogen-bond donors (Lipinski definition) is 3. The molecule has 1 amide bonds. The normalized spacial score (nSPS) is 18.0. The first kappa shape index (κ1) is 24.5. The molecule has 0 atom stereocenters. The fraction of sp³-hybridized carbons (Fsp3) is 0.333. The number of pyridine rings is 1. The van der Waals surface area contributed by atoms with Gasteiger partial charge in [0.05, 0.1) is 5.69 Å². The van der Waals surface area contributed by atoms with E-state index in [1.807, 2.05) is 0 Å². The molecule has 0 unspecified atom stereocenters. The summed E-state index contributed by atoms with van der Waals surface area (Å²) in [6, 6.07) is 6.96. The zero-order chi connectivity index (χ0) is 26.5. The molecule has 2 aliphatic heterocycles. The number of nitrogens with zero attached hydrogens (tertiary/aromatic N) is 4. The largest absolute Gasteiger partial charge is 0.474 e. The van der Waals surface area contributed by atoms with Crippen LogP contribution in [0.25, 0.3) is 11.3 Å². The Labute approximate surface area is 209 Å². The number of aromatic nitrogens is 3. The Hall–Kier alpha value is -4.16. The van der Waals surface area contributed by atoms with Crippen molar-refractivity contribution in [1.82, 2.24) is 15.0 Å². The molecule has 5 rings (SSSR count). The van der Waals surface area contributed by atoms with Gasteiger partial charge in [-0.15, -0.1) is 0 Å². The Kier molecular flexibility index (Phi) is 5.80. The number of ether oxygens (including phenoxy) is 1. The van der Waals surface area contributed by atoms with Gasteiger partial charge in [0.15, 0.2) is 28.8 Å². The fourth-order valence-corrected chi connectivity index (χ4v) is 4.11. The number of fused-ring (bicyclic) bond motifs is 1. The number of benzene rings is 1. The minimum absolute atomic E-state index is 0.00290. The van der Waals surface area contributed by atoms with Gasteiger partial charge < -0.3 is 26.0 Å². The molecule has 0 spiro atoms. The molecule has 13 heteroatoms. The van der Waals surface area contributed by atoms with Crippen LogP contribution in [0.3, 0.4) is 0 Å². The zero-order valence-corrected chi connectivity index (χ0v) is 19.9. The predicted octanol–water partition coefficient (Wildman–Crippen LogP) is 4.49. The van der Waals surface area contributed by atoms with Crippen LogP contribution in [0.1, 0.15) is 26.7 Å². The summed E-state index contributed by atoms with van der Waals surface area (Å²) in [5.74, 6) is -4.76. The van der Waals surface area contributed by atoms with Crippen molar-refractivity contribution in [2.24, 2.45) is 0 Å². The molecule has 2 aromatic heterocycles. The lowest BCUT2D eigenvalue weighted by molar-refractivity contribution is -0.129. The molecular formula is C24H23F4N7O2. The number of amides is 1. The van der Waals surface area contributed by atoms with Gasteiger partial charge in [-0.2, -0.15) is 4.98 Å². The third-order valence-corrected chi connectivity index (χ3v) is 6.17. The second kappa shape index (κ2) is 8.75. The Bertz CT molecular complexity index is 1390. The third-order valence-electron chi connectivity index (χ3n) is 6.17. The molecule has 4 heterocycles. The summed E-state index contributed by atoms with van der Waals surface area (Å²) in [6.07, 6.45) is -0.741. The first-order chi connectivity index (χ1) is 17.4. The van der Waals surface area contributed by atoms with Crippen LogP contribution in [0.5, 0.6) is 5.75 Å². The van der Waals surface area contributed by atoms with Gasteiger partial charge >= 0.3 is 0 Å². The minimum atomic E-state index is -2.76. The first-order valence-electron chi connectivity index (χ1n) is 11.5. The number of carbonyl (C=O) groups is 1. The van der Waals surface area contributed by atoms with E-state index < -0.39 is 29.1 Å². The lowest BCUT2D eigenvalue weighted by Crippen LogP contribution is -2.46. The maximum absolute atomic E-state index is 15.4. The van der Waals surface area contributed by atoms with Gasteiger partial charge in [-0.25, -0.2) is 27.5 Å². The number of nitrogens with one attached hydrogen (secondary N) is 2. The Morgan fingerprint density at radius 1 is 1.08 bits per heavy atom. The van der Waals surface area contributed by atoms with Crippen LogP contribution < -0.4 is 26.0 Å². The summed E-state index contributed by atoms with van der Waals surface area (Å²) < 4.78 is 62.9. The summed E-state index contributed by atoms with van der Waals surface area (Å²) in [5.41, 5.74) is 4.68. The van der Waals surface area contributed by atoms with E-state index in [1.54, 1.807) is 19.9 Å². The van der Waals surface area contributed by atoms with E-state index in [-0.39, 0.29) is 66.3 Å². The molecule has 1 fully saturated rings. The Morgan fingerprint density at radius 3 is 2.51 bits per heavy atom. The second-order valence-electron chi connectivity index (χ2n) is 9.34. The van der Waals surface area contributed by atoms with Crippen LogP contribution in [0.15, 0.2) is 30.3 Å². The molecule has 3 aromatic rings. The monoisotopic (exact) mass is 517 g/mol. The molecule has 37 heavy (non-hydrogen) atoms. The zero-order valence-electron chi connectivity index (χ0n) is 19.9. The van der Waals surface area contributed by atoms with Crippen LogP contribution in [0.2, 0.25) is 0 Å². The number of nitrogens with two attached hydrogens (primary N) is 1. The smallest absolute Gasteiger partial charge is 0.269 e. The second-order valence-corrected chi connectivity index (χ2v) is 9.34. The number of piperidine rings is 1. The van der Waals surface area contributed by atoms with E-state index in [9.17, 15) is 18.0 Å². The van der Waals surface area contributed by atoms with Gasteiger partial charge in [0.1, 0.15) is 17.3 Å². The number of nitrogen functional groups attached to an aromatic ring is 1. The average molecular weight is 517 g/mol. The fourth-order valence-electron chi connectivity index (χ4n) is 4.11. The number of carbonyl (C=O) groups excluding carboxylic acids is 1. The molecule has 4 N–H and O–H groups in total. The molecule has 2 aliphatic rings. The summed E-state index contributed by atoms with van der Waals surface area (Å²) in [5, 5.41) is 5.33. The van der Waals surface area contributed by atoms with Crippen molar-refractivity contribution in [3.8, 4) is 17.0 Å². The summed E-state index contributed by atoms with van der Waals surface area (Å²) in [4.78, 5) is 25.7. The first-order valence-corrected chi connectivity index (χ1v) is 11.5. The van der Waals surface area contributed by atoms with Gasteiger partial charge in [0, 0.05) is 31.5 Å². The number of anilines is 5. The highest BCUT2D eigenvalue weighted by molar-refractivity contribution is 5.99. The third kappa shape index (κ3) is 4.80. The minimum Gasteiger partial charge on any atom is -0.474 e. The van der Waals surface area contributed by atoms with E-state index >= 15 is 4.39 Å². The van der Waals surface area contributed by atoms with Gasteiger partial charge in [-0.1, -0.05) is 6.07 Å². The SMILES string of the molecule is CC1(C)Oc2ccc(Nc3nc(N)nc(-c4ccc(N5CCC(F)(F)CC5)c(F)c4)c3F)nc2NC1=O. The molecule has 194 valence electrons. The van der Waals surface area contributed by atoms with Crippen LogP contribution >= 0.6 is 0 Å². The van der Waals surface area contributed by atoms with E-state index in [0.29, 0.717) is 5.75 Å². The van der Waals surface area contributed by atoms with Gasteiger partial charge in [0.2, 0.25) is 5.95 Å². The molecule has 0 radical (unpaired) electrons. The van der Waals surface area contributed by atoms with Gasteiger partial charge in [-0.05, 0) is 38.1 Å². The van der Waals surface area contributed by atoms with Gasteiger partial charge in [-0.3, -0.25) is 4.79 Å². The summed E-state index contributed by atoms with van der Waals surface area (Å²) in [7, 11) is 0. The lowest BCUT2D eigenvalue weighted by Gasteiger charge is -2.33. The maximum atomic E-state index is 15.4. The van der Waals surface area contributed by atoms with Crippen molar-refractivity contribution in [3.05, 3.63) is 42.0 Å². The van der Waals surface area contributed by atoms with E-state index in [1.165, 1.54) is 23.1 Å². The van der Waals surface area contributed by atoms with Crippen molar-refractivity contribution in [1.29, 1.82) is 0 Å². The molecule has 9 nitrogen and oxygen atoms in total. The number of halogens is 4. The average Bonchev–Trinajstić information content (AvgIpc) is 2.82. The van der Waals surface area contributed by atoms with E-state index in [4.69, 9.17) is 10.5 Å². The summed E-state index contributed by atoms with van der Waals surface area (Å²) in [6.45, 7) is 3.22.